The number of aryl methyl sites for hydroxylation is 1. The monoisotopic (exact) mass is 262 g/mol. The van der Waals surface area contributed by atoms with Crippen molar-refractivity contribution in [2.75, 3.05) is 13.6 Å². The van der Waals surface area contributed by atoms with Crippen molar-refractivity contribution in [2.24, 2.45) is 5.92 Å². The van der Waals surface area contributed by atoms with E-state index in [-0.39, 0.29) is 13.0 Å². The molecule has 1 aromatic heterocycles. The van der Waals surface area contributed by atoms with Gasteiger partial charge in [0.2, 0.25) is 0 Å². The zero-order valence-electron chi connectivity index (χ0n) is 10.5. The van der Waals surface area contributed by atoms with E-state index in [0.29, 0.717) is 24.6 Å². The molecule has 0 fully saturated rings. The van der Waals surface area contributed by atoms with Crippen LogP contribution in [-0.2, 0) is 19.5 Å². The van der Waals surface area contributed by atoms with Crippen LogP contribution < -0.4 is 0 Å². The van der Waals surface area contributed by atoms with Gasteiger partial charge in [-0.25, -0.2) is 0 Å². The Morgan fingerprint density at radius 1 is 1.39 bits per heavy atom. The van der Waals surface area contributed by atoms with Crippen LogP contribution in [0.2, 0.25) is 0 Å². The molecule has 0 saturated carbocycles. The third-order valence-electron chi connectivity index (χ3n) is 3.44. The Labute approximate surface area is 104 Å². The minimum atomic E-state index is -4.13. The van der Waals surface area contributed by atoms with Crippen LogP contribution >= 0.6 is 0 Å². The molecular weight excluding hydrogens is 245 g/mol. The number of nitrogens with zero attached hydrogens (tertiary/aromatic N) is 4. The Balaban J connectivity index is 2.17. The Bertz CT molecular complexity index is 413. The van der Waals surface area contributed by atoms with E-state index in [1.165, 1.54) is 0 Å². The predicted molar refractivity (Wildman–Crippen MR) is 59.9 cm³/mol. The van der Waals surface area contributed by atoms with Crippen LogP contribution in [0.1, 0.15) is 25.0 Å². The SMILES string of the molecule is CCN(C)Cc1nnc2n1CC(C(F)(F)F)CC2. The maximum absolute atomic E-state index is 12.7. The first-order chi connectivity index (χ1) is 8.41. The molecule has 0 aromatic carbocycles. The predicted octanol–water partition coefficient (Wildman–Crippen LogP) is 1.85. The van der Waals surface area contributed by atoms with Gasteiger partial charge in [-0.15, -0.1) is 10.2 Å². The molecule has 4 nitrogen and oxygen atoms in total. The van der Waals surface area contributed by atoms with Crippen molar-refractivity contribution in [3.63, 3.8) is 0 Å². The van der Waals surface area contributed by atoms with Crippen molar-refractivity contribution < 1.29 is 13.2 Å². The Morgan fingerprint density at radius 3 is 2.72 bits per heavy atom. The van der Waals surface area contributed by atoms with E-state index in [9.17, 15) is 13.2 Å². The molecule has 18 heavy (non-hydrogen) atoms. The van der Waals surface area contributed by atoms with Gasteiger partial charge in [-0.3, -0.25) is 4.90 Å². The maximum atomic E-state index is 12.7. The third kappa shape index (κ3) is 2.66. The van der Waals surface area contributed by atoms with Gasteiger partial charge in [0, 0.05) is 13.0 Å². The highest BCUT2D eigenvalue weighted by Crippen LogP contribution is 2.34. The number of rotatable bonds is 3. The molecule has 0 amide bonds. The van der Waals surface area contributed by atoms with Crippen molar-refractivity contribution in [2.45, 2.75) is 39.0 Å². The van der Waals surface area contributed by atoms with Crippen molar-refractivity contribution in [3.8, 4) is 0 Å². The van der Waals surface area contributed by atoms with Crippen LogP contribution in [0.15, 0.2) is 0 Å². The first kappa shape index (κ1) is 13.3. The number of hydrogen-bond acceptors (Lipinski definition) is 3. The quantitative estimate of drug-likeness (QED) is 0.833. The number of aromatic nitrogens is 3. The topological polar surface area (TPSA) is 34.0 Å². The smallest absolute Gasteiger partial charge is 0.313 e. The van der Waals surface area contributed by atoms with Gasteiger partial charge in [0.15, 0.2) is 0 Å². The summed E-state index contributed by atoms with van der Waals surface area (Å²) in [4.78, 5) is 1.99. The van der Waals surface area contributed by atoms with Crippen LogP contribution in [0.4, 0.5) is 13.2 Å². The maximum Gasteiger partial charge on any atom is 0.393 e. The molecule has 2 rings (SSSR count). The van der Waals surface area contributed by atoms with Gasteiger partial charge in [-0.1, -0.05) is 6.92 Å². The summed E-state index contributed by atoms with van der Waals surface area (Å²) in [6.45, 7) is 3.31. The van der Waals surface area contributed by atoms with Crippen LogP contribution in [-0.4, -0.2) is 39.4 Å². The second-order valence-corrected chi connectivity index (χ2v) is 4.75. The molecule has 7 heteroatoms. The molecule has 0 saturated heterocycles. The summed E-state index contributed by atoms with van der Waals surface area (Å²) in [6, 6.07) is 0. The van der Waals surface area contributed by atoms with Crippen LogP contribution in [0, 0.1) is 5.92 Å². The van der Waals surface area contributed by atoms with Gasteiger partial charge in [0.25, 0.3) is 0 Å². The van der Waals surface area contributed by atoms with E-state index in [0.717, 1.165) is 6.54 Å². The molecule has 0 N–H and O–H groups in total. The number of fused-ring (bicyclic) bond motifs is 1. The first-order valence-electron chi connectivity index (χ1n) is 6.08. The molecule has 0 aliphatic carbocycles. The lowest BCUT2D eigenvalue weighted by Crippen LogP contribution is -2.33. The van der Waals surface area contributed by atoms with E-state index in [1.54, 1.807) is 4.57 Å². The molecular formula is C11H17F3N4. The average molecular weight is 262 g/mol. The number of halogens is 3. The van der Waals surface area contributed by atoms with E-state index in [1.807, 2.05) is 18.9 Å². The van der Waals surface area contributed by atoms with E-state index < -0.39 is 12.1 Å². The Hall–Kier alpha value is -1.11. The van der Waals surface area contributed by atoms with Gasteiger partial charge >= 0.3 is 6.18 Å². The molecule has 1 atom stereocenters. The first-order valence-corrected chi connectivity index (χ1v) is 6.08. The van der Waals surface area contributed by atoms with Gasteiger partial charge in [0.1, 0.15) is 11.6 Å². The van der Waals surface area contributed by atoms with Gasteiger partial charge in [-0.2, -0.15) is 13.2 Å². The Morgan fingerprint density at radius 2 is 2.11 bits per heavy atom. The molecule has 2 heterocycles. The van der Waals surface area contributed by atoms with Gasteiger partial charge < -0.3 is 4.57 Å². The molecule has 102 valence electrons. The number of alkyl halides is 3. The molecule has 1 aromatic rings. The highest BCUT2D eigenvalue weighted by Gasteiger charge is 2.42. The molecule has 0 radical (unpaired) electrons. The van der Waals surface area contributed by atoms with Gasteiger partial charge in [-0.05, 0) is 20.0 Å². The van der Waals surface area contributed by atoms with Gasteiger partial charge in [0.05, 0.1) is 12.5 Å². The average Bonchev–Trinajstić information content (AvgIpc) is 2.70. The summed E-state index contributed by atoms with van der Waals surface area (Å²) in [5.74, 6) is 0.0324. The zero-order valence-corrected chi connectivity index (χ0v) is 10.5. The zero-order chi connectivity index (χ0) is 13.3. The lowest BCUT2D eigenvalue weighted by molar-refractivity contribution is -0.182. The summed E-state index contributed by atoms with van der Waals surface area (Å²) in [7, 11) is 1.91. The van der Waals surface area contributed by atoms with E-state index >= 15 is 0 Å². The standard InChI is InChI=1S/C11H17F3N4/c1-3-17(2)7-10-16-15-9-5-4-8(6-18(9)10)11(12,13)14/h8H,3-7H2,1-2H3. The minimum Gasteiger partial charge on any atom is -0.313 e. The lowest BCUT2D eigenvalue weighted by Gasteiger charge is -2.26. The summed E-state index contributed by atoms with van der Waals surface area (Å²) >= 11 is 0. The van der Waals surface area contributed by atoms with Crippen molar-refractivity contribution in [1.82, 2.24) is 19.7 Å². The summed E-state index contributed by atoms with van der Waals surface area (Å²) in [5, 5.41) is 7.99. The summed E-state index contributed by atoms with van der Waals surface area (Å²) in [5.41, 5.74) is 0. The van der Waals surface area contributed by atoms with Crippen LogP contribution in [0.5, 0.6) is 0 Å². The molecule has 0 spiro atoms. The summed E-state index contributed by atoms with van der Waals surface area (Å²) < 4.78 is 39.8. The second-order valence-electron chi connectivity index (χ2n) is 4.75. The van der Waals surface area contributed by atoms with Crippen molar-refractivity contribution in [3.05, 3.63) is 11.6 Å². The van der Waals surface area contributed by atoms with Crippen molar-refractivity contribution in [1.29, 1.82) is 0 Å². The van der Waals surface area contributed by atoms with Crippen LogP contribution in [0.3, 0.4) is 0 Å². The van der Waals surface area contributed by atoms with E-state index in [2.05, 4.69) is 10.2 Å². The minimum absolute atomic E-state index is 0.0429. The normalized spacial score (nSPS) is 20.2. The summed E-state index contributed by atoms with van der Waals surface area (Å²) in [6.07, 6.45) is -3.66. The molecule has 1 aliphatic heterocycles. The highest BCUT2D eigenvalue weighted by atomic mass is 19.4. The van der Waals surface area contributed by atoms with E-state index in [4.69, 9.17) is 0 Å². The highest BCUT2D eigenvalue weighted by molar-refractivity contribution is 5.01. The third-order valence-corrected chi connectivity index (χ3v) is 3.44. The molecule has 1 aliphatic rings. The molecule has 1 unspecified atom stereocenters. The largest absolute Gasteiger partial charge is 0.393 e. The fourth-order valence-electron chi connectivity index (χ4n) is 2.12. The molecule has 0 bridgehead atoms. The fourth-order valence-corrected chi connectivity index (χ4v) is 2.12. The number of hydrogen-bond donors (Lipinski definition) is 0. The second kappa shape index (κ2) is 4.87. The van der Waals surface area contributed by atoms with Crippen LogP contribution in [0.25, 0.3) is 0 Å². The Kier molecular flexibility index (Phi) is 3.61. The van der Waals surface area contributed by atoms with Crippen molar-refractivity contribution >= 4 is 0 Å². The lowest BCUT2D eigenvalue weighted by atomic mass is 9.99. The fraction of sp³-hybridized carbons (Fsp3) is 0.818.